The second-order valence-electron chi connectivity index (χ2n) is 5.86. The highest BCUT2D eigenvalue weighted by atomic mass is 32.2. The van der Waals surface area contributed by atoms with Gasteiger partial charge in [-0.05, 0) is 30.3 Å². The summed E-state index contributed by atoms with van der Waals surface area (Å²) in [6, 6.07) is 9.84. The van der Waals surface area contributed by atoms with Gasteiger partial charge in [0.2, 0.25) is 0 Å². The minimum absolute atomic E-state index is 0.0509. The number of nitrogen functional groups attached to an aromatic ring is 2. The molecule has 0 radical (unpaired) electrons. The van der Waals surface area contributed by atoms with Crippen LogP contribution in [-0.4, -0.2) is 46.8 Å². The molecule has 0 atom stereocenters. The highest BCUT2D eigenvalue weighted by Crippen LogP contribution is 2.21. The Balaban J connectivity index is 0.000000262. The van der Waals surface area contributed by atoms with Crippen LogP contribution in [0.25, 0.3) is 5.69 Å². The topological polar surface area (TPSA) is 236 Å². The van der Waals surface area contributed by atoms with E-state index in [0.29, 0.717) is 4.68 Å². The van der Waals surface area contributed by atoms with Crippen molar-refractivity contribution in [2.24, 2.45) is 0 Å². The number of aromatic carboxylic acids is 1. The highest BCUT2D eigenvalue weighted by molar-refractivity contribution is 7.86. The van der Waals surface area contributed by atoms with E-state index in [1.165, 1.54) is 24.3 Å². The van der Waals surface area contributed by atoms with E-state index in [4.69, 9.17) is 25.7 Å². The van der Waals surface area contributed by atoms with Crippen LogP contribution < -0.4 is 17.0 Å². The number of H-pyrrole nitrogens is 1. The number of hydrogen-bond acceptors (Lipinski definition) is 8. The highest BCUT2D eigenvalue weighted by Gasteiger charge is 2.20. The lowest BCUT2D eigenvalue weighted by atomic mass is 10.3. The number of nitrogens with one attached hydrogen (secondary N) is 1. The van der Waals surface area contributed by atoms with Gasteiger partial charge in [0.25, 0.3) is 25.8 Å². The summed E-state index contributed by atoms with van der Waals surface area (Å²) in [6.45, 7) is 0. The van der Waals surface area contributed by atoms with Crippen LogP contribution in [0.15, 0.2) is 63.1 Å². The lowest BCUT2D eigenvalue weighted by molar-refractivity contribution is 0.0690. The van der Waals surface area contributed by atoms with Crippen LogP contribution in [-0.2, 0) is 20.2 Å². The predicted molar refractivity (Wildman–Crippen MR) is 108 cm³/mol. The molecule has 0 bridgehead atoms. The van der Waals surface area contributed by atoms with Gasteiger partial charge in [-0.3, -0.25) is 19.0 Å². The summed E-state index contributed by atoms with van der Waals surface area (Å²) in [5.74, 6) is -1.39. The number of nitrogens with two attached hydrogens (primary N) is 2. The normalized spacial score (nSPS) is 11.4. The number of carbonyl (C=O) groups is 1. The van der Waals surface area contributed by atoms with E-state index in [1.807, 2.05) is 0 Å². The van der Waals surface area contributed by atoms with Gasteiger partial charge in [0.1, 0.15) is 15.5 Å². The van der Waals surface area contributed by atoms with Gasteiger partial charge < -0.3 is 16.6 Å². The molecule has 166 valence electrons. The molecule has 8 N–H and O–H groups in total. The van der Waals surface area contributed by atoms with Crippen molar-refractivity contribution in [1.82, 2.24) is 9.78 Å². The SMILES string of the molecule is Nc1ccc(S(=O)(=O)O)c(-n2[nH]c(C(=O)O)cc2=O)c1.Nc1ccccc1S(=O)(=O)O. The first-order chi connectivity index (χ1) is 14.2. The third-order valence-electron chi connectivity index (χ3n) is 3.65. The van der Waals surface area contributed by atoms with Crippen LogP contribution in [0.3, 0.4) is 0 Å². The maximum Gasteiger partial charge on any atom is 0.353 e. The average Bonchev–Trinajstić information content (AvgIpc) is 3.02. The van der Waals surface area contributed by atoms with Crippen LogP contribution >= 0.6 is 0 Å². The Morgan fingerprint density at radius 1 is 0.903 bits per heavy atom. The Morgan fingerprint density at radius 2 is 1.48 bits per heavy atom. The average molecular weight is 472 g/mol. The molecule has 0 aliphatic carbocycles. The summed E-state index contributed by atoms with van der Waals surface area (Å²) in [4.78, 5) is 21.6. The van der Waals surface area contributed by atoms with E-state index in [1.54, 1.807) is 6.07 Å². The third-order valence-corrected chi connectivity index (χ3v) is 5.48. The first kappa shape index (κ1) is 23.6. The number of anilines is 2. The van der Waals surface area contributed by atoms with E-state index < -0.39 is 42.4 Å². The van der Waals surface area contributed by atoms with E-state index in [-0.39, 0.29) is 22.0 Å². The predicted octanol–water partition coefficient (Wildman–Crippen LogP) is 0.208. The first-order valence-electron chi connectivity index (χ1n) is 7.96. The van der Waals surface area contributed by atoms with Crippen LogP contribution in [0.4, 0.5) is 11.4 Å². The van der Waals surface area contributed by atoms with Gasteiger partial charge in [0, 0.05) is 11.8 Å². The second kappa shape index (κ2) is 8.60. The third kappa shape index (κ3) is 5.70. The van der Waals surface area contributed by atoms with E-state index in [2.05, 4.69) is 5.10 Å². The second-order valence-corrected chi connectivity index (χ2v) is 8.64. The van der Waals surface area contributed by atoms with Crippen molar-refractivity contribution in [2.75, 3.05) is 11.5 Å². The number of carboxylic acid groups (broad SMARTS) is 1. The Morgan fingerprint density at radius 3 is 1.94 bits per heavy atom. The number of rotatable bonds is 4. The van der Waals surface area contributed by atoms with Crippen molar-refractivity contribution in [3.8, 4) is 5.69 Å². The van der Waals surface area contributed by atoms with Gasteiger partial charge in [-0.25, -0.2) is 9.48 Å². The standard InChI is InChI=1S/C10H9N3O6S.C6H7NO3S/c11-5-1-2-8(20(17,18)19)7(3-5)13-9(14)4-6(12-13)10(15)16;7-5-3-1-2-4-6(5)11(8,9)10/h1-4,12H,11H2,(H,15,16)(H,17,18,19);1-4H,7H2,(H,8,9,10). The number of nitrogens with zero attached hydrogens (tertiary/aromatic N) is 1. The Kier molecular flexibility index (Phi) is 6.55. The Hall–Kier alpha value is -3.66. The monoisotopic (exact) mass is 472 g/mol. The van der Waals surface area contributed by atoms with Crippen molar-refractivity contribution >= 4 is 37.6 Å². The molecule has 0 unspecified atom stereocenters. The van der Waals surface area contributed by atoms with Gasteiger partial charge in [0.15, 0.2) is 0 Å². The van der Waals surface area contributed by atoms with Crippen molar-refractivity contribution in [3.63, 3.8) is 0 Å². The van der Waals surface area contributed by atoms with Gasteiger partial charge in [-0.2, -0.15) is 16.8 Å². The summed E-state index contributed by atoms with van der Waals surface area (Å²) >= 11 is 0. The van der Waals surface area contributed by atoms with Crippen molar-refractivity contribution < 1.29 is 35.8 Å². The number of para-hydroxylation sites is 1. The van der Waals surface area contributed by atoms with Gasteiger partial charge >= 0.3 is 5.97 Å². The molecule has 13 nitrogen and oxygen atoms in total. The summed E-state index contributed by atoms with van der Waals surface area (Å²) in [5.41, 5.74) is 9.44. The lowest BCUT2D eigenvalue weighted by Gasteiger charge is -2.08. The number of benzene rings is 2. The largest absolute Gasteiger partial charge is 0.477 e. The molecule has 1 aromatic heterocycles. The van der Waals surface area contributed by atoms with Crippen LogP contribution in [0, 0.1) is 0 Å². The van der Waals surface area contributed by atoms with Crippen LogP contribution in [0.5, 0.6) is 0 Å². The lowest BCUT2D eigenvalue weighted by Crippen LogP contribution is -2.17. The van der Waals surface area contributed by atoms with Crippen molar-refractivity contribution in [2.45, 2.75) is 9.79 Å². The molecule has 31 heavy (non-hydrogen) atoms. The summed E-state index contributed by atoms with van der Waals surface area (Å²) in [6.07, 6.45) is 0. The summed E-state index contributed by atoms with van der Waals surface area (Å²) in [5, 5.41) is 11.0. The zero-order valence-corrected chi connectivity index (χ0v) is 17.0. The maximum absolute atomic E-state index is 11.7. The van der Waals surface area contributed by atoms with Gasteiger partial charge in [-0.1, -0.05) is 12.1 Å². The van der Waals surface area contributed by atoms with E-state index in [0.717, 1.165) is 18.2 Å². The smallest absolute Gasteiger partial charge is 0.353 e. The Bertz CT molecular complexity index is 1410. The van der Waals surface area contributed by atoms with E-state index >= 15 is 0 Å². The fourth-order valence-electron chi connectivity index (χ4n) is 2.33. The van der Waals surface area contributed by atoms with Crippen molar-refractivity contribution in [1.29, 1.82) is 0 Å². The minimum Gasteiger partial charge on any atom is -0.477 e. The zero-order valence-electron chi connectivity index (χ0n) is 15.3. The summed E-state index contributed by atoms with van der Waals surface area (Å²) < 4.78 is 61.9. The molecule has 2 aromatic carbocycles. The molecule has 0 aliphatic rings. The van der Waals surface area contributed by atoms with Crippen LogP contribution in [0.1, 0.15) is 10.5 Å². The molecule has 15 heteroatoms. The molecule has 3 aromatic rings. The maximum atomic E-state index is 11.7. The number of aromatic nitrogens is 2. The quantitative estimate of drug-likeness (QED) is 0.221. The molecule has 0 saturated heterocycles. The van der Waals surface area contributed by atoms with Gasteiger partial charge in [0.05, 0.1) is 11.4 Å². The fourth-order valence-corrected chi connectivity index (χ4v) is 3.60. The molecule has 0 amide bonds. The number of aromatic amines is 1. The minimum atomic E-state index is -4.61. The zero-order chi connectivity index (χ0) is 23.6. The Labute approximate surface area is 175 Å². The molecule has 0 spiro atoms. The molecular weight excluding hydrogens is 456 g/mol. The molecule has 0 fully saturated rings. The van der Waals surface area contributed by atoms with E-state index in [9.17, 15) is 26.4 Å². The fraction of sp³-hybridized carbons (Fsp3) is 0. The van der Waals surface area contributed by atoms with Gasteiger partial charge in [-0.15, -0.1) is 0 Å². The molecular formula is C16H16N4O9S2. The van der Waals surface area contributed by atoms with Crippen molar-refractivity contribution in [3.05, 3.63) is 64.6 Å². The summed E-state index contributed by atoms with van der Waals surface area (Å²) in [7, 11) is -8.77. The molecule has 1 heterocycles. The number of hydrogen-bond donors (Lipinski definition) is 6. The molecule has 3 rings (SSSR count). The first-order valence-corrected chi connectivity index (χ1v) is 10.8. The molecule has 0 aliphatic heterocycles. The molecule has 0 saturated carbocycles. The van der Waals surface area contributed by atoms with Crippen LogP contribution in [0.2, 0.25) is 0 Å². The number of carboxylic acids is 1.